The summed E-state index contributed by atoms with van der Waals surface area (Å²) in [5.74, 6) is 0.883. The lowest BCUT2D eigenvalue weighted by molar-refractivity contribution is 0.412. The van der Waals surface area contributed by atoms with Gasteiger partial charge in [0.1, 0.15) is 5.75 Å². The van der Waals surface area contributed by atoms with Crippen LogP contribution >= 0.6 is 0 Å². The zero-order valence-corrected chi connectivity index (χ0v) is 10.0. The minimum Gasteiger partial charge on any atom is -0.496 e. The highest BCUT2D eigenvalue weighted by molar-refractivity contribution is 5.95. The van der Waals surface area contributed by atoms with E-state index in [9.17, 15) is 0 Å². The summed E-state index contributed by atoms with van der Waals surface area (Å²) in [6.45, 7) is 2.04. The fourth-order valence-electron chi connectivity index (χ4n) is 2.02. The number of allylic oxidation sites excluding steroid dienone is 1. The van der Waals surface area contributed by atoms with Crippen LogP contribution in [-0.4, -0.2) is 13.3 Å². The monoisotopic (exact) mass is 225 g/mol. The molecular formula is C15H15NO. The Labute approximate surface area is 101 Å². The van der Waals surface area contributed by atoms with Crippen molar-refractivity contribution < 1.29 is 4.74 Å². The van der Waals surface area contributed by atoms with Gasteiger partial charge in [-0.25, -0.2) is 0 Å². The van der Waals surface area contributed by atoms with Gasteiger partial charge in [0.25, 0.3) is 0 Å². The minimum absolute atomic E-state index is 0.883. The number of rotatable bonds is 3. The van der Waals surface area contributed by atoms with E-state index < -0.39 is 0 Å². The Morgan fingerprint density at radius 2 is 2.00 bits per heavy atom. The second-order valence-corrected chi connectivity index (χ2v) is 3.86. The lowest BCUT2D eigenvalue weighted by Gasteiger charge is -2.11. The van der Waals surface area contributed by atoms with Gasteiger partial charge in [-0.05, 0) is 41.0 Å². The van der Waals surface area contributed by atoms with Crippen LogP contribution in [0.3, 0.4) is 0 Å². The Bertz CT molecular complexity index is 585. The highest BCUT2D eigenvalue weighted by Gasteiger charge is 2.07. The summed E-state index contributed by atoms with van der Waals surface area (Å²) in [7, 11) is 1.68. The van der Waals surface area contributed by atoms with Crippen LogP contribution in [0.5, 0.6) is 5.75 Å². The molecule has 0 aliphatic carbocycles. The van der Waals surface area contributed by atoms with Crippen LogP contribution in [0.1, 0.15) is 11.1 Å². The molecule has 0 bridgehead atoms. The van der Waals surface area contributed by atoms with Gasteiger partial charge in [0.15, 0.2) is 0 Å². The second kappa shape index (κ2) is 4.83. The first-order valence-corrected chi connectivity index (χ1v) is 5.51. The van der Waals surface area contributed by atoms with Gasteiger partial charge in [0.2, 0.25) is 0 Å². The van der Waals surface area contributed by atoms with Crippen molar-refractivity contribution in [3.8, 4) is 5.75 Å². The van der Waals surface area contributed by atoms with Gasteiger partial charge in [-0.2, -0.15) is 0 Å². The third-order valence-corrected chi connectivity index (χ3v) is 2.89. The molecule has 0 saturated carbocycles. The largest absolute Gasteiger partial charge is 0.496 e. The summed E-state index contributed by atoms with van der Waals surface area (Å²) in [4.78, 5) is 0. The van der Waals surface area contributed by atoms with Crippen LogP contribution in [0, 0.1) is 12.3 Å². The van der Waals surface area contributed by atoms with Gasteiger partial charge in [0, 0.05) is 6.21 Å². The van der Waals surface area contributed by atoms with Crippen molar-refractivity contribution in [3.05, 3.63) is 47.5 Å². The zero-order valence-electron chi connectivity index (χ0n) is 10.0. The minimum atomic E-state index is 0.883. The van der Waals surface area contributed by atoms with E-state index in [0.29, 0.717) is 0 Å². The van der Waals surface area contributed by atoms with E-state index >= 15 is 0 Å². The second-order valence-electron chi connectivity index (χ2n) is 3.86. The number of ether oxygens (including phenoxy) is 1. The molecule has 0 saturated heterocycles. The molecule has 0 atom stereocenters. The van der Waals surface area contributed by atoms with Crippen molar-refractivity contribution >= 4 is 23.1 Å². The van der Waals surface area contributed by atoms with Crippen molar-refractivity contribution in [3.63, 3.8) is 0 Å². The molecule has 86 valence electrons. The SMILES string of the molecule is COc1cc2ccccc2c(/C=C\C=N)c1C. The molecule has 0 fully saturated rings. The molecule has 2 aromatic rings. The van der Waals surface area contributed by atoms with E-state index in [1.165, 1.54) is 11.6 Å². The molecule has 2 heteroatoms. The fourth-order valence-corrected chi connectivity index (χ4v) is 2.02. The van der Waals surface area contributed by atoms with Crippen molar-refractivity contribution in [1.29, 1.82) is 5.41 Å². The van der Waals surface area contributed by atoms with Crippen LogP contribution in [0.2, 0.25) is 0 Å². The first kappa shape index (κ1) is 11.4. The Morgan fingerprint density at radius 3 is 2.71 bits per heavy atom. The van der Waals surface area contributed by atoms with Crippen molar-refractivity contribution in [2.45, 2.75) is 6.92 Å². The zero-order chi connectivity index (χ0) is 12.3. The maximum Gasteiger partial charge on any atom is 0.123 e. The van der Waals surface area contributed by atoms with Crippen molar-refractivity contribution in [2.24, 2.45) is 0 Å². The number of hydrogen-bond acceptors (Lipinski definition) is 2. The highest BCUT2D eigenvalue weighted by atomic mass is 16.5. The van der Waals surface area contributed by atoms with Crippen molar-refractivity contribution in [2.75, 3.05) is 7.11 Å². The summed E-state index contributed by atoms with van der Waals surface area (Å²) < 4.78 is 5.38. The summed E-state index contributed by atoms with van der Waals surface area (Å²) >= 11 is 0. The van der Waals surface area contributed by atoms with E-state index in [0.717, 1.165) is 22.3 Å². The van der Waals surface area contributed by atoms with E-state index in [2.05, 4.69) is 12.1 Å². The molecular weight excluding hydrogens is 210 g/mol. The maximum atomic E-state index is 7.09. The predicted octanol–water partition coefficient (Wildman–Crippen LogP) is 3.82. The Morgan fingerprint density at radius 1 is 1.24 bits per heavy atom. The number of methoxy groups -OCH3 is 1. The highest BCUT2D eigenvalue weighted by Crippen LogP contribution is 2.31. The molecule has 0 amide bonds. The van der Waals surface area contributed by atoms with Gasteiger partial charge in [-0.3, -0.25) is 0 Å². The average Bonchev–Trinajstić information content (AvgIpc) is 2.37. The van der Waals surface area contributed by atoms with E-state index in [1.807, 2.05) is 31.2 Å². The molecule has 0 aromatic heterocycles. The van der Waals surface area contributed by atoms with Crippen LogP contribution in [-0.2, 0) is 0 Å². The molecule has 0 heterocycles. The summed E-state index contributed by atoms with van der Waals surface area (Å²) in [6, 6.07) is 10.2. The molecule has 17 heavy (non-hydrogen) atoms. The third kappa shape index (κ3) is 2.07. The standard InChI is InChI=1S/C15H15NO/c1-11-13(8-5-9-16)14-7-4-3-6-12(14)10-15(11)17-2/h3-10,16H,1-2H3/b8-5-,16-9?. The molecule has 1 N–H and O–H groups in total. The molecule has 0 aliphatic rings. The Hall–Kier alpha value is -2.09. The van der Waals surface area contributed by atoms with E-state index in [4.69, 9.17) is 10.1 Å². The van der Waals surface area contributed by atoms with Crippen LogP contribution in [0.15, 0.2) is 36.4 Å². The number of benzene rings is 2. The molecule has 0 unspecified atom stereocenters. The molecule has 0 radical (unpaired) electrons. The van der Waals surface area contributed by atoms with Gasteiger partial charge in [-0.15, -0.1) is 0 Å². The van der Waals surface area contributed by atoms with Crippen molar-refractivity contribution in [1.82, 2.24) is 0 Å². The van der Waals surface area contributed by atoms with E-state index in [-0.39, 0.29) is 0 Å². The normalized spacial score (nSPS) is 10.9. The van der Waals surface area contributed by atoms with Gasteiger partial charge >= 0.3 is 0 Å². The Kier molecular flexibility index (Phi) is 3.24. The summed E-state index contributed by atoms with van der Waals surface area (Å²) in [5.41, 5.74) is 2.22. The van der Waals surface area contributed by atoms with E-state index in [1.54, 1.807) is 13.2 Å². The quantitative estimate of drug-likeness (QED) is 0.791. The first-order chi connectivity index (χ1) is 8.27. The lowest BCUT2D eigenvalue weighted by Crippen LogP contribution is -1.91. The third-order valence-electron chi connectivity index (χ3n) is 2.89. The summed E-state index contributed by atoms with van der Waals surface area (Å²) in [6.07, 6.45) is 4.97. The molecule has 2 nitrogen and oxygen atoms in total. The molecule has 2 rings (SSSR count). The first-order valence-electron chi connectivity index (χ1n) is 5.51. The van der Waals surface area contributed by atoms with Gasteiger partial charge < -0.3 is 10.1 Å². The Balaban J connectivity index is 2.79. The number of nitrogens with one attached hydrogen (secondary N) is 1. The average molecular weight is 225 g/mol. The van der Waals surface area contributed by atoms with Gasteiger partial charge in [0.05, 0.1) is 7.11 Å². The lowest BCUT2D eigenvalue weighted by atomic mass is 9.98. The van der Waals surface area contributed by atoms with Crippen LogP contribution in [0.25, 0.3) is 16.8 Å². The number of hydrogen-bond donors (Lipinski definition) is 1. The molecule has 0 aliphatic heterocycles. The summed E-state index contributed by atoms with van der Waals surface area (Å²) in [5, 5.41) is 9.42. The fraction of sp³-hybridized carbons (Fsp3) is 0.133. The molecule has 2 aromatic carbocycles. The van der Waals surface area contributed by atoms with Gasteiger partial charge in [-0.1, -0.05) is 30.3 Å². The molecule has 0 spiro atoms. The van der Waals surface area contributed by atoms with Crippen LogP contribution in [0.4, 0.5) is 0 Å². The maximum absolute atomic E-state index is 7.09. The number of fused-ring (bicyclic) bond motifs is 1. The smallest absolute Gasteiger partial charge is 0.123 e. The topological polar surface area (TPSA) is 33.1 Å². The predicted molar refractivity (Wildman–Crippen MR) is 73.1 cm³/mol. The van der Waals surface area contributed by atoms with Crippen LogP contribution < -0.4 is 4.74 Å².